The Hall–Kier alpha value is -2.81. The van der Waals surface area contributed by atoms with Crippen molar-refractivity contribution in [1.29, 1.82) is 0 Å². The van der Waals surface area contributed by atoms with Gasteiger partial charge in [0.1, 0.15) is 11.1 Å². The van der Waals surface area contributed by atoms with Gasteiger partial charge in [0.15, 0.2) is 17.2 Å². The van der Waals surface area contributed by atoms with Gasteiger partial charge in [-0.05, 0) is 58.5 Å². The summed E-state index contributed by atoms with van der Waals surface area (Å²) in [6, 6.07) is 9.95. The summed E-state index contributed by atoms with van der Waals surface area (Å²) < 4.78 is 5.78. The molecule has 132 valence electrons. The van der Waals surface area contributed by atoms with E-state index in [4.69, 9.17) is 9.84 Å². The molecule has 0 bridgehead atoms. The first-order valence-corrected chi connectivity index (χ1v) is 8.59. The number of hydrogen-bond donors (Lipinski definition) is 3. The molecular formula is C19H14INO5. The molecule has 0 saturated carbocycles. The third-order valence-corrected chi connectivity index (χ3v) is 4.63. The lowest BCUT2D eigenvalue weighted by molar-refractivity contribution is 0.0694. The van der Waals surface area contributed by atoms with Crippen LogP contribution >= 0.6 is 22.6 Å². The maximum atomic E-state index is 11.1. The average Bonchev–Trinajstić information content (AvgIpc) is 2.62. The lowest BCUT2D eigenvalue weighted by Gasteiger charge is -2.07. The Morgan fingerprint density at radius 2 is 1.85 bits per heavy atom. The first-order valence-electron chi connectivity index (χ1n) is 7.51. The van der Waals surface area contributed by atoms with Gasteiger partial charge in [0.05, 0.1) is 16.4 Å². The van der Waals surface area contributed by atoms with Gasteiger partial charge >= 0.3 is 5.97 Å². The number of carboxylic acids is 1. The summed E-state index contributed by atoms with van der Waals surface area (Å²) in [6.07, 6.45) is 3.52. The highest BCUT2D eigenvalue weighted by Crippen LogP contribution is 2.33. The van der Waals surface area contributed by atoms with E-state index in [9.17, 15) is 15.0 Å². The Balaban J connectivity index is 2.01. The summed E-state index contributed by atoms with van der Waals surface area (Å²) in [5.74, 6) is -1.11. The van der Waals surface area contributed by atoms with E-state index in [1.165, 1.54) is 13.2 Å². The summed E-state index contributed by atoms with van der Waals surface area (Å²) in [5, 5.41) is 29.8. The number of carboxylic acid groups (broad SMARTS) is 1. The molecule has 3 rings (SSSR count). The highest BCUT2D eigenvalue weighted by atomic mass is 127. The van der Waals surface area contributed by atoms with Crippen LogP contribution < -0.4 is 4.74 Å². The van der Waals surface area contributed by atoms with Gasteiger partial charge in [-0.15, -0.1) is 0 Å². The van der Waals surface area contributed by atoms with Crippen LogP contribution in [-0.4, -0.2) is 33.4 Å². The van der Waals surface area contributed by atoms with Crippen molar-refractivity contribution >= 4 is 51.6 Å². The summed E-state index contributed by atoms with van der Waals surface area (Å²) in [4.78, 5) is 15.5. The molecule has 7 heteroatoms. The number of carbonyl (C=O) groups is 1. The zero-order valence-electron chi connectivity index (χ0n) is 13.6. The third kappa shape index (κ3) is 3.43. The number of halogens is 1. The van der Waals surface area contributed by atoms with Crippen molar-refractivity contribution in [3.8, 4) is 17.2 Å². The Morgan fingerprint density at radius 3 is 2.54 bits per heavy atom. The van der Waals surface area contributed by atoms with Crippen molar-refractivity contribution in [1.82, 2.24) is 4.98 Å². The van der Waals surface area contributed by atoms with Gasteiger partial charge in [-0.1, -0.05) is 18.2 Å². The van der Waals surface area contributed by atoms with Crippen LogP contribution in [0.3, 0.4) is 0 Å². The monoisotopic (exact) mass is 463 g/mol. The van der Waals surface area contributed by atoms with Gasteiger partial charge in [0.25, 0.3) is 0 Å². The van der Waals surface area contributed by atoms with Gasteiger partial charge in [0, 0.05) is 5.39 Å². The number of aromatic nitrogens is 1. The number of phenols is 2. The second-order valence-corrected chi connectivity index (χ2v) is 6.62. The third-order valence-electron chi connectivity index (χ3n) is 3.80. The molecule has 3 N–H and O–H groups in total. The zero-order valence-corrected chi connectivity index (χ0v) is 15.8. The molecule has 2 aromatic carbocycles. The quantitative estimate of drug-likeness (QED) is 0.504. The van der Waals surface area contributed by atoms with Gasteiger partial charge in [0.2, 0.25) is 0 Å². The number of phenolic OH excluding ortho intramolecular Hbond substituents is 1. The Bertz CT molecular complexity index is 1050. The Morgan fingerprint density at radius 1 is 1.12 bits per heavy atom. The van der Waals surface area contributed by atoms with E-state index in [0.717, 1.165) is 5.56 Å². The Kier molecular flexibility index (Phi) is 4.99. The lowest BCUT2D eigenvalue weighted by Crippen LogP contribution is -1.97. The molecular weight excluding hydrogens is 449 g/mol. The van der Waals surface area contributed by atoms with Crippen molar-refractivity contribution in [2.24, 2.45) is 0 Å². The highest BCUT2D eigenvalue weighted by Gasteiger charge is 2.13. The zero-order chi connectivity index (χ0) is 18.8. The topological polar surface area (TPSA) is 99.9 Å². The molecule has 26 heavy (non-hydrogen) atoms. The maximum Gasteiger partial charge on any atom is 0.339 e. The number of aromatic carboxylic acids is 1. The van der Waals surface area contributed by atoms with Crippen molar-refractivity contribution in [2.45, 2.75) is 0 Å². The van der Waals surface area contributed by atoms with E-state index in [-0.39, 0.29) is 22.6 Å². The molecule has 0 aliphatic heterocycles. The molecule has 0 fully saturated rings. The maximum absolute atomic E-state index is 11.1. The van der Waals surface area contributed by atoms with E-state index in [1.807, 2.05) is 22.6 Å². The lowest BCUT2D eigenvalue weighted by atomic mass is 10.1. The summed E-state index contributed by atoms with van der Waals surface area (Å²) in [5.41, 5.74) is 1.39. The van der Waals surface area contributed by atoms with Crippen LogP contribution in [0, 0.1) is 3.57 Å². The molecule has 0 spiro atoms. The number of hydrogen-bond acceptors (Lipinski definition) is 5. The van der Waals surface area contributed by atoms with Gasteiger partial charge in [-0.2, -0.15) is 0 Å². The van der Waals surface area contributed by atoms with Crippen LogP contribution in [0.4, 0.5) is 0 Å². The highest BCUT2D eigenvalue weighted by molar-refractivity contribution is 14.1. The first kappa shape index (κ1) is 18.0. The minimum atomic E-state index is -1.21. The molecule has 0 aliphatic rings. The van der Waals surface area contributed by atoms with E-state index in [1.54, 1.807) is 42.5 Å². The number of ether oxygens (including phenoxy) is 1. The average molecular weight is 463 g/mol. The van der Waals surface area contributed by atoms with Crippen LogP contribution in [0.1, 0.15) is 21.6 Å². The van der Waals surface area contributed by atoms with E-state index in [2.05, 4.69) is 4.98 Å². The fourth-order valence-electron chi connectivity index (χ4n) is 2.48. The molecule has 0 aliphatic carbocycles. The van der Waals surface area contributed by atoms with Crippen molar-refractivity contribution < 1.29 is 24.9 Å². The van der Waals surface area contributed by atoms with Gasteiger partial charge in [-0.3, -0.25) is 0 Å². The number of pyridine rings is 1. The van der Waals surface area contributed by atoms with E-state index >= 15 is 0 Å². The summed E-state index contributed by atoms with van der Waals surface area (Å²) in [6.45, 7) is 0. The second-order valence-electron chi connectivity index (χ2n) is 5.46. The number of methoxy groups -OCH3 is 1. The van der Waals surface area contributed by atoms with Crippen molar-refractivity contribution in [2.75, 3.05) is 7.11 Å². The van der Waals surface area contributed by atoms with Crippen molar-refractivity contribution in [3.63, 3.8) is 0 Å². The minimum absolute atomic E-state index is 0.0835. The number of benzene rings is 2. The molecule has 3 aromatic rings. The number of aromatic hydroxyl groups is 2. The van der Waals surface area contributed by atoms with Gasteiger partial charge < -0.3 is 20.1 Å². The summed E-state index contributed by atoms with van der Waals surface area (Å²) >= 11 is 2.01. The molecule has 6 nitrogen and oxygen atoms in total. The van der Waals surface area contributed by atoms with Crippen LogP contribution in [0.2, 0.25) is 0 Å². The SMILES string of the molecule is COc1cc(C=Cc2ccc3ccc(C(=O)O)c(O)c3n2)cc(I)c1O. The molecule has 0 saturated heterocycles. The molecule has 0 unspecified atom stereocenters. The predicted molar refractivity (Wildman–Crippen MR) is 107 cm³/mol. The second kappa shape index (κ2) is 7.20. The normalized spacial score (nSPS) is 11.2. The molecule has 1 heterocycles. The number of fused-ring (bicyclic) bond motifs is 1. The Labute approximate surface area is 162 Å². The molecule has 0 amide bonds. The van der Waals surface area contributed by atoms with Crippen LogP contribution in [0.15, 0.2) is 36.4 Å². The fourth-order valence-corrected chi connectivity index (χ4v) is 3.11. The number of rotatable bonds is 4. The van der Waals surface area contributed by atoms with Crippen LogP contribution in [-0.2, 0) is 0 Å². The fraction of sp³-hybridized carbons (Fsp3) is 0.0526. The molecule has 0 radical (unpaired) electrons. The summed E-state index contributed by atoms with van der Waals surface area (Å²) in [7, 11) is 1.48. The molecule has 0 atom stereocenters. The molecule has 1 aromatic heterocycles. The van der Waals surface area contributed by atoms with E-state index < -0.39 is 5.97 Å². The largest absolute Gasteiger partial charge is 0.505 e. The minimum Gasteiger partial charge on any atom is -0.505 e. The van der Waals surface area contributed by atoms with Crippen LogP contribution in [0.25, 0.3) is 23.1 Å². The van der Waals surface area contributed by atoms with Crippen molar-refractivity contribution in [3.05, 3.63) is 56.8 Å². The van der Waals surface area contributed by atoms with Gasteiger partial charge in [-0.25, -0.2) is 9.78 Å². The van der Waals surface area contributed by atoms with Crippen LogP contribution in [0.5, 0.6) is 17.2 Å². The standard InChI is InChI=1S/C19H14INO5/c1-26-15-9-10(8-14(20)18(15)23)2-5-12-6-3-11-4-7-13(19(24)25)17(22)16(11)21-12/h2-9,22-23H,1H3,(H,24,25). The smallest absolute Gasteiger partial charge is 0.339 e. The number of nitrogens with zero attached hydrogens (tertiary/aromatic N) is 1. The first-order chi connectivity index (χ1) is 12.4. The predicted octanol–water partition coefficient (Wildman–Crippen LogP) is 4.13. The van der Waals surface area contributed by atoms with E-state index in [0.29, 0.717) is 20.4 Å².